The number of likely N-dealkylation sites (tertiary alicyclic amines) is 1. The lowest BCUT2D eigenvalue weighted by Gasteiger charge is -2.38. The van der Waals surface area contributed by atoms with E-state index in [1.54, 1.807) is 6.07 Å². The fourth-order valence-electron chi connectivity index (χ4n) is 4.06. The molecule has 5 N–H and O–H groups in total. The summed E-state index contributed by atoms with van der Waals surface area (Å²) in [5, 5.41) is 12.6. The lowest BCUT2D eigenvalue weighted by atomic mass is 9.91. The van der Waals surface area contributed by atoms with Crippen molar-refractivity contribution in [3.8, 4) is 0 Å². The summed E-state index contributed by atoms with van der Waals surface area (Å²) >= 11 is 0. The van der Waals surface area contributed by atoms with Gasteiger partial charge in [0.2, 0.25) is 0 Å². The van der Waals surface area contributed by atoms with E-state index in [0.717, 1.165) is 31.4 Å². The molecule has 8 heteroatoms. The van der Waals surface area contributed by atoms with E-state index in [1.165, 1.54) is 6.07 Å². The summed E-state index contributed by atoms with van der Waals surface area (Å²) < 4.78 is 14.3. The van der Waals surface area contributed by atoms with Gasteiger partial charge in [0.15, 0.2) is 11.6 Å². The van der Waals surface area contributed by atoms with Crippen LogP contribution in [-0.4, -0.2) is 40.8 Å². The Hall–Kier alpha value is -3.13. The monoisotopic (exact) mass is 396 g/mol. The molecule has 4 rings (SSSR count). The molecule has 0 bridgehead atoms. The van der Waals surface area contributed by atoms with Crippen molar-refractivity contribution in [2.24, 2.45) is 0 Å². The third kappa shape index (κ3) is 4.02. The van der Waals surface area contributed by atoms with Gasteiger partial charge in [0, 0.05) is 17.1 Å². The number of nitrogens with zero attached hydrogens (tertiary/aromatic N) is 2. The average molecular weight is 396 g/mol. The van der Waals surface area contributed by atoms with E-state index < -0.39 is 11.8 Å². The number of H-pyrrole nitrogens is 1. The Balaban J connectivity index is 1.56. The smallest absolute Gasteiger partial charge is 0.319 e. The van der Waals surface area contributed by atoms with E-state index in [4.69, 9.17) is 5.73 Å². The molecule has 0 saturated carbocycles. The van der Waals surface area contributed by atoms with Crippen LogP contribution in [0.15, 0.2) is 42.5 Å². The molecule has 0 aliphatic carbocycles. The fraction of sp³-hybridized carbons (Fsp3) is 0.333. The number of nitrogens with one attached hydrogen (secondary N) is 3. The maximum Gasteiger partial charge on any atom is 0.319 e. The van der Waals surface area contributed by atoms with Gasteiger partial charge in [-0.3, -0.25) is 5.10 Å². The van der Waals surface area contributed by atoms with Crippen LogP contribution in [0, 0.1) is 5.82 Å². The number of hydrogen-bond donors (Lipinski definition) is 4. The third-order valence-electron chi connectivity index (χ3n) is 5.57. The van der Waals surface area contributed by atoms with E-state index >= 15 is 0 Å². The van der Waals surface area contributed by atoms with Crippen molar-refractivity contribution in [3.05, 3.63) is 53.8 Å². The van der Waals surface area contributed by atoms with Gasteiger partial charge in [-0.2, -0.15) is 5.10 Å². The van der Waals surface area contributed by atoms with Gasteiger partial charge in [0.1, 0.15) is 5.52 Å². The minimum absolute atomic E-state index is 0.172. The van der Waals surface area contributed by atoms with Crippen molar-refractivity contribution in [3.63, 3.8) is 0 Å². The van der Waals surface area contributed by atoms with Crippen molar-refractivity contribution >= 4 is 28.4 Å². The van der Waals surface area contributed by atoms with Crippen LogP contribution in [0.5, 0.6) is 0 Å². The van der Waals surface area contributed by atoms with Crippen molar-refractivity contribution in [2.45, 2.75) is 31.3 Å². The molecule has 2 aromatic carbocycles. The zero-order chi connectivity index (χ0) is 20.4. The van der Waals surface area contributed by atoms with Crippen LogP contribution in [0.2, 0.25) is 0 Å². The molecular formula is C21H25FN6O. The molecule has 0 radical (unpaired) electrons. The van der Waals surface area contributed by atoms with Gasteiger partial charge in [-0.25, -0.2) is 9.18 Å². The third-order valence-corrected chi connectivity index (χ3v) is 5.57. The van der Waals surface area contributed by atoms with Gasteiger partial charge >= 0.3 is 6.03 Å². The summed E-state index contributed by atoms with van der Waals surface area (Å²) in [6.07, 6.45) is 3.29. The Bertz CT molecular complexity index is 1010. The maximum absolute atomic E-state index is 14.3. The number of rotatable bonds is 4. The first-order chi connectivity index (χ1) is 14.0. The second-order valence-corrected chi connectivity index (χ2v) is 7.52. The number of hydrogen-bond acceptors (Lipinski definition) is 4. The largest absolute Gasteiger partial charge is 0.382 e. The molecule has 1 aliphatic rings. The quantitative estimate of drug-likeness (QED) is 0.541. The normalized spacial score (nSPS) is 18.5. The lowest BCUT2D eigenvalue weighted by molar-refractivity contribution is 0.147. The standard InChI is InChI=1S/C21H25FN6O/c1-28-10-6-5-9-17(28)18(13-7-3-2-4-8-13)25-21(29)24-14-11-15-19(16(22)12-14)26-27-20(15)23/h2-4,7-8,11-12,17-18H,5-6,9-10H2,1H3,(H3,23,26,27)(H2,24,25,29). The summed E-state index contributed by atoms with van der Waals surface area (Å²) in [5.41, 5.74) is 7.36. The van der Waals surface area contributed by atoms with Crippen LogP contribution in [-0.2, 0) is 0 Å². The van der Waals surface area contributed by atoms with E-state index in [0.29, 0.717) is 11.1 Å². The number of aromatic nitrogens is 2. The van der Waals surface area contributed by atoms with Crippen molar-refractivity contribution in [1.29, 1.82) is 0 Å². The van der Waals surface area contributed by atoms with Gasteiger partial charge < -0.3 is 21.3 Å². The minimum Gasteiger partial charge on any atom is -0.382 e. The summed E-state index contributed by atoms with van der Waals surface area (Å²) in [6, 6.07) is 12.4. The minimum atomic E-state index is -0.520. The molecule has 1 aliphatic heterocycles. The van der Waals surface area contributed by atoms with Crippen LogP contribution >= 0.6 is 0 Å². The van der Waals surface area contributed by atoms with Gasteiger partial charge in [0.25, 0.3) is 0 Å². The van der Waals surface area contributed by atoms with Gasteiger partial charge in [-0.15, -0.1) is 0 Å². The molecule has 3 aromatic rings. The van der Waals surface area contributed by atoms with Crippen LogP contribution in [0.1, 0.15) is 30.9 Å². The Morgan fingerprint density at radius 2 is 2.10 bits per heavy atom. The van der Waals surface area contributed by atoms with Crippen molar-refractivity contribution < 1.29 is 9.18 Å². The number of benzene rings is 2. The van der Waals surface area contributed by atoms with Crippen LogP contribution in [0.4, 0.5) is 20.7 Å². The van der Waals surface area contributed by atoms with E-state index in [9.17, 15) is 9.18 Å². The number of piperidine rings is 1. The lowest BCUT2D eigenvalue weighted by Crippen LogP contribution is -2.48. The highest BCUT2D eigenvalue weighted by molar-refractivity contribution is 5.96. The molecular weight excluding hydrogens is 371 g/mol. The highest BCUT2D eigenvalue weighted by Gasteiger charge is 2.30. The number of aromatic amines is 1. The first kappa shape index (κ1) is 19.2. The number of fused-ring (bicyclic) bond motifs is 1. The Labute approximate surface area is 168 Å². The molecule has 7 nitrogen and oxygen atoms in total. The van der Waals surface area contributed by atoms with Crippen LogP contribution in [0.25, 0.3) is 10.9 Å². The molecule has 152 valence electrons. The topological polar surface area (TPSA) is 99.1 Å². The van der Waals surface area contributed by atoms with Gasteiger partial charge in [-0.05, 0) is 44.1 Å². The van der Waals surface area contributed by atoms with E-state index in [1.807, 2.05) is 30.3 Å². The molecule has 2 unspecified atom stereocenters. The Morgan fingerprint density at radius 3 is 2.86 bits per heavy atom. The number of halogens is 1. The Kier molecular flexibility index (Phi) is 5.35. The average Bonchev–Trinajstić information content (AvgIpc) is 3.09. The van der Waals surface area contributed by atoms with Crippen molar-refractivity contribution in [1.82, 2.24) is 20.4 Å². The summed E-state index contributed by atoms with van der Waals surface area (Å²) in [6.45, 7) is 0.999. The summed E-state index contributed by atoms with van der Waals surface area (Å²) in [5.74, 6) is -0.331. The number of nitrogen functional groups attached to an aromatic ring is 1. The zero-order valence-electron chi connectivity index (χ0n) is 16.3. The Morgan fingerprint density at radius 1 is 1.31 bits per heavy atom. The summed E-state index contributed by atoms with van der Waals surface area (Å²) in [4.78, 5) is 15.1. The fourth-order valence-corrected chi connectivity index (χ4v) is 4.06. The molecule has 1 fully saturated rings. The van der Waals surface area contributed by atoms with E-state index in [-0.39, 0.29) is 23.4 Å². The number of amides is 2. The van der Waals surface area contributed by atoms with Crippen molar-refractivity contribution in [2.75, 3.05) is 24.6 Å². The predicted molar refractivity (Wildman–Crippen MR) is 112 cm³/mol. The highest BCUT2D eigenvalue weighted by atomic mass is 19.1. The molecule has 0 spiro atoms. The molecule has 2 atom stereocenters. The number of carbonyl (C=O) groups excluding carboxylic acids is 1. The first-order valence-electron chi connectivity index (χ1n) is 9.78. The maximum atomic E-state index is 14.3. The van der Waals surface area contributed by atoms with E-state index in [2.05, 4.69) is 32.8 Å². The number of urea groups is 1. The van der Waals surface area contributed by atoms with Crippen LogP contribution in [0.3, 0.4) is 0 Å². The predicted octanol–water partition coefficient (Wildman–Crippen LogP) is 3.63. The second-order valence-electron chi connectivity index (χ2n) is 7.52. The molecule has 2 amide bonds. The van der Waals surface area contributed by atoms with Crippen LogP contribution < -0.4 is 16.4 Å². The number of anilines is 2. The SMILES string of the molecule is CN1CCCCC1C(NC(=O)Nc1cc(F)c2[nH]nc(N)c2c1)c1ccccc1. The molecule has 29 heavy (non-hydrogen) atoms. The highest BCUT2D eigenvalue weighted by Crippen LogP contribution is 2.29. The summed E-state index contributed by atoms with van der Waals surface area (Å²) in [7, 11) is 2.09. The van der Waals surface area contributed by atoms with Gasteiger partial charge in [0.05, 0.1) is 6.04 Å². The number of likely N-dealkylation sites (N-methyl/N-ethyl adjacent to an activating group) is 1. The molecule has 1 saturated heterocycles. The molecule has 1 aromatic heterocycles. The van der Waals surface area contributed by atoms with Gasteiger partial charge in [-0.1, -0.05) is 36.8 Å². The number of nitrogens with two attached hydrogens (primary N) is 1. The molecule has 2 heterocycles. The zero-order valence-corrected chi connectivity index (χ0v) is 16.3. The second kappa shape index (κ2) is 8.08. The number of carbonyl (C=O) groups is 1. The first-order valence-corrected chi connectivity index (χ1v) is 9.78.